The lowest BCUT2D eigenvalue weighted by Gasteiger charge is -2.34. The fraction of sp³-hybridized carbons (Fsp3) is 0.406. The molecule has 3 aromatic rings. The maximum absolute atomic E-state index is 14.0. The first-order valence-corrected chi connectivity index (χ1v) is 13.9. The number of nitrogens with zero attached hydrogens (tertiary/aromatic N) is 2. The van der Waals surface area contributed by atoms with E-state index in [4.69, 9.17) is 9.47 Å². The number of aromatic carboxylic acids is 1. The Labute approximate surface area is 243 Å². The highest BCUT2D eigenvalue weighted by Gasteiger charge is 2.36. The smallest absolute Gasteiger partial charge is 0.421 e. The Morgan fingerprint density at radius 1 is 1.00 bits per heavy atom. The third-order valence-corrected chi connectivity index (χ3v) is 7.57. The number of alkyl halides is 3. The molecule has 1 aromatic heterocycles. The first kappa shape index (κ1) is 30.9. The van der Waals surface area contributed by atoms with Crippen LogP contribution in [-0.4, -0.2) is 35.1 Å². The fourth-order valence-corrected chi connectivity index (χ4v) is 5.28. The highest BCUT2D eigenvalue weighted by molar-refractivity contribution is 6.03. The van der Waals surface area contributed by atoms with Gasteiger partial charge < -0.3 is 19.5 Å². The topological polar surface area (TPSA) is 89.0 Å². The van der Waals surface area contributed by atoms with E-state index < -0.39 is 23.6 Å². The van der Waals surface area contributed by atoms with Gasteiger partial charge in [0.25, 0.3) is 0 Å². The largest absolute Gasteiger partial charge is 0.497 e. The van der Waals surface area contributed by atoms with Crippen LogP contribution in [0.2, 0.25) is 0 Å². The highest BCUT2D eigenvalue weighted by Crippen LogP contribution is 2.39. The molecular formula is C32H35F3N2O5. The van der Waals surface area contributed by atoms with Gasteiger partial charge in [0.1, 0.15) is 17.1 Å². The maximum atomic E-state index is 14.0. The second kappa shape index (κ2) is 12.8. The van der Waals surface area contributed by atoms with Crippen molar-refractivity contribution in [1.29, 1.82) is 0 Å². The molecule has 4 rings (SSSR count). The Bertz CT molecular complexity index is 1410. The average Bonchev–Trinajstić information content (AvgIpc) is 2.94. The zero-order valence-corrected chi connectivity index (χ0v) is 24.1. The number of benzene rings is 2. The molecule has 0 bridgehead atoms. The summed E-state index contributed by atoms with van der Waals surface area (Å²) < 4.78 is 52.8. The summed E-state index contributed by atoms with van der Waals surface area (Å²) in [6, 6.07) is 11.5. The summed E-state index contributed by atoms with van der Waals surface area (Å²) in [5.41, 5.74) is -0.0617. The van der Waals surface area contributed by atoms with E-state index in [1.54, 1.807) is 38.1 Å². The van der Waals surface area contributed by atoms with Gasteiger partial charge in [-0.1, -0.05) is 19.1 Å². The highest BCUT2D eigenvalue weighted by atomic mass is 19.4. The SMILES string of the molecule is COc1ccc(Cc2cnc(Oc3ccc(N(C(=O)[C@H]4CC[C@H](C)CC4)C(C)C)c(C(=O)O)c3)c(C(F)(F)F)c2)cc1. The van der Waals surface area contributed by atoms with E-state index in [-0.39, 0.29) is 41.3 Å². The van der Waals surface area contributed by atoms with Crippen LogP contribution < -0.4 is 14.4 Å². The molecule has 42 heavy (non-hydrogen) atoms. The van der Waals surface area contributed by atoms with Crippen LogP contribution in [0.4, 0.5) is 18.9 Å². The van der Waals surface area contributed by atoms with Crippen molar-refractivity contribution in [2.24, 2.45) is 11.8 Å². The standard InChI is InChI=1S/C32H35F3N2O5/c1-19(2)37(30(38)23-9-5-20(3)6-10-23)28-14-13-25(17-26(28)31(39)40)42-29-27(32(33,34)35)16-22(18-36-29)15-21-7-11-24(41-4)12-8-21/h7-8,11-14,16-20,23H,5-6,9-10,15H2,1-4H3,(H,39,40)/t20-,23-. The summed E-state index contributed by atoms with van der Waals surface area (Å²) >= 11 is 0. The van der Waals surface area contributed by atoms with E-state index in [0.29, 0.717) is 17.2 Å². The van der Waals surface area contributed by atoms with Gasteiger partial charge in [-0.05, 0) is 99.4 Å². The molecule has 7 nitrogen and oxygen atoms in total. The number of hydrogen-bond acceptors (Lipinski definition) is 5. The van der Waals surface area contributed by atoms with Crippen LogP contribution in [0.25, 0.3) is 0 Å². The van der Waals surface area contributed by atoms with Gasteiger partial charge in [0.15, 0.2) is 0 Å². The molecule has 2 aromatic carbocycles. The summed E-state index contributed by atoms with van der Waals surface area (Å²) in [6.45, 7) is 5.74. The van der Waals surface area contributed by atoms with E-state index in [1.165, 1.54) is 30.3 Å². The van der Waals surface area contributed by atoms with E-state index in [2.05, 4.69) is 11.9 Å². The molecule has 10 heteroatoms. The van der Waals surface area contributed by atoms with Gasteiger partial charge >= 0.3 is 12.1 Å². The van der Waals surface area contributed by atoms with Crippen molar-refractivity contribution in [3.05, 3.63) is 77.0 Å². The van der Waals surface area contributed by atoms with Crippen molar-refractivity contribution >= 4 is 17.6 Å². The molecule has 1 fully saturated rings. The van der Waals surface area contributed by atoms with E-state index in [0.717, 1.165) is 43.4 Å². The van der Waals surface area contributed by atoms with Gasteiger partial charge in [-0.2, -0.15) is 13.2 Å². The molecular weight excluding hydrogens is 549 g/mol. The number of halogens is 3. The molecule has 0 atom stereocenters. The first-order valence-electron chi connectivity index (χ1n) is 13.9. The molecule has 1 N–H and O–H groups in total. The number of hydrogen-bond donors (Lipinski definition) is 1. The van der Waals surface area contributed by atoms with Crippen molar-refractivity contribution in [3.63, 3.8) is 0 Å². The second-order valence-electron chi connectivity index (χ2n) is 11.1. The van der Waals surface area contributed by atoms with Crippen LogP contribution >= 0.6 is 0 Å². The zero-order chi connectivity index (χ0) is 30.6. The van der Waals surface area contributed by atoms with Gasteiger partial charge in [0.2, 0.25) is 11.8 Å². The second-order valence-corrected chi connectivity index (χ2v) is 11.1. The first-order chi connectivity index (χ1) is 19.9. The maximum Gasteiger partial charge on any atom is 0.421 e. The summed E-state index contributed by atoms with van der Waals surface area (Å²) in [5, 5.41) is 10.0. The predicted octanol–water partition coefficient (Wildman–Crippen LogP) is 7.76. The van der Waals surface area contributed by atoms with Crippen LogP contribution in [0.15, 0.2) is 54.7 Å². The molecule has 0 saturated heterocycles. The third-order valence-electron chi connectivity index (χ3n) is 7.57. The number of carbonyl (C=O) groups is 2. The quantitative estimate of drug-likeness (QED) is 0.277. The van der Waals surface area contributed by atoms with Gasteiger partial charge in [0, 0.05) is 18.2 Å². The molecule has 0 spiro atoms. The minimum Gasteiger partial charge on any atom is -0.497 e. The lowest BCUT2D eigenvalue weighted by Crippen LogP contribution is -2.42. The molecule has 1 aliphatic rings. The van der Waals surface area contributed by atoms with E-state index in [9.17, 15) is 27.9 Å². The number of pyridine rings is 1. The number of carboxylic acid groups (broad SMARTS) is 1. The van der Waals surface area contributed by atoms with Gasteiger partial charge in [-0.3, -0.25) is 4.79 Å². The molecule has 0 aliphatic heterocycles. The van der Waals surface area contributed by atoms with Gasteiger partial charge in [-0.25, -0.2) is 9.78 Å². The molecule has 224 valence electrons. The molecule has 1 aliphatic carbocycles. The van der Waals surface area contributed by atoms with Crippen LogP contribution in [0.3, 0.4) is 0 Å². The number of aromatic nitrogens is 1. The van der Waals surface area contributed by atoms with Crippen LogP contribution in [0.1, 0.15) is 73.5 Å². The summed E-state index contributed by atoms with van der Waals surface area (Å²) in [5.74, 6) is -1.35. The Morgan fingerprint density at radius 2 is 1.64 bits per heavy atom. The summed E-state index contributed by atoms with van der Waals surface area (Å²) in [6.07, 6.45) is 0.0395. The number of carboxylic acids is 1. The molecule has 1 amide bonds. The van der Waals surface area contributed by atoms with Crippen molar-refractivity contribution in [2.75, 3.05) is 12.0 Å². The van der Waals surface area contributed by atoms with Gasteiger partial charge in [-0.15, -0.1) is 0 Å². The third kappa shape index (κ3) is 7.21. The van der Waals surface area contributed by atoms with E-state index >= 15 is 0 Å². The number of anilines is 1. The lowest BCUT2D eigenvalue weighted by molar-refractivity contribution is -0.139. The van der Waals surface area contributed by atoms with E-state index in [1.807, 2.05) is 0 Å². The minimum atomic E-state index is -4.77. The van der Waals surface area contributed by atoms with Gasteiger partial charge in [0.05, 0.1) is 18.4 Å². The fourth-order valence-electron chi connectivity index (χ4n) is 5.28. The average molecular weight is 585 g/mol. The molecule has 1 heterocycles. The normalized spacial score (nSPS) is 17.1. The monoisotopic (exact) mass is 584 g/mol. The zero-order valence-electron chi connectivity index (χ0n) is 24.1. The number of ether oxygens (including phenoxy) is 2. The minimum absolute atomic E-state index is 0.139. The lowest BCUT2D eigenvalue weighted by atomic mass is 9.82. The number of rotatable bonds is 9. The van der Waals surface area contributed by atoms with Crippen molar-refractivity contribution in [3.8, 4) is 17.4 Å². The predicted molar refractivity (Wildman–Crippen MR) is 152 cm³/mol. The van der Waals surface area contributed by atoms with Crippen molar-refractivity contribution in [1.82, 2.24) is 4.98 Å². The van der Waals surface area contributed by atoms with Crippen LogP contribution in [-0.2, 0) is 17.4 Å². The van der Waals surface area contributed by atoms with Crippen molar-refractivity contribution < 1.29 is 37.3 Å². The number of methoxy groups -OCH3 is 1. The Balaban J connectivity index is 1.63. The number of amides is 1. The Morgan fingerprint density at radius 3 is 2.21 bits per heavy atom. The van der Waals surface area contributed by atoms with Crippen molar-refractivity contribution in [2.45, 2.75) is 65.1 Å². The molecule has 0 unspecified atom stereocenters. The van der Waals surface area contributed by atoms with Crippen LogP contribution in [0.5, 0.6) is 17.4 Å². The molecule has 1 saturated carbocycles. The Hall–Kier alpha value is -4.08. The molecule has 0 radical (unpaired) electrons. The number of carbonyl (C=O) groups excluding carboxylic acids is 1. The summed E-state index contributed by atoms with van der Waals surface area (Å²) in [4.78, 5) is 31.2. The Kier molecular flexibility index (Phi) is 9.43. The summed E-state index contributed by atoms with van der Waals surface area (Å²) in [7, 11) is 1.53. The van der Waals surface area contributed by atoms with Crippen LogP contribution in [0, 0.1) is 11.8 Å².